The van der Waals surface area contributed by atoms with Gasteiger partial charge in [0, 0.05) is 0 Å². The molecule has 1 aromatic heterocycles. The van der Waals surface area contributed by atoms with Gasteiger partial charge in [-0.1, -0.05) is 12.1 Å². The molecule has 0 saturated carbocycles. The van der Waals surface area contributed by atoms with Crippen LogP contribution >= 0.6 is 0 Å². The minimum Gasteiger partial charge on any atom is -0.509 e. The van der Waals surface area contributed by atoms with Crippen LogP contribution in [0.1, 0.15) is 12.7 Å². The number of nitrogens with zero attached hydrogens (tertiary/aromatic N) is 1. The number of nitrogens with one attached hydrogen (secondary N) is 1. The van der Waals surface area contributed by atoms with E-state index >= 15 is 0 Å². The van der Waals surface area contributed by atoms with Crippen molar-refractivity contribution in [3.63, 3.8) is 0 Å². The van der Waals surface area contributed by atoms with E-state index in [4.69, 9.17) is 9.84 Å². The maximum absolute atomic E-state index is 11.8. The summed E-state index contributed by atoms with van der Waals surface area (Å²) in [5.74, 6) is -1.03. The van der Waals surface area contributed by atoms with E-state index in [0.29, 0.717) is 5.52 Å². The standard InChI is InChI=1S/C13H14N2O4/c1-2-19-13(18)11(10(17)7-16)12-14-8-5-3-4-6-9(8)15-12/h3-6,16-17H,2,7H2,1H3,(H,14,15)/b11-10+. The summed E-state index contributed by atoms with van der Waals surface area (Å²) in [5, 5.41) is 18.7. The van der Waals surface area contributed by atoms with Crippen LogP contribution in [-0.4, -0.2) is 39.4 Å². The Hall–Kier alpha value is -2.34. The van der Waals surface area contributed by atoms with Crippen molar-refractivity contribution in [1.29, 1.82) is 0 Å². The quantitative estimate of drug-likeness (QED) is 0.439. The smallest absolute Gasteiger partial charge is 0.345 e. The lowest BCUT2D eigenvalue weighted by molar-refractivity contribution is -0.136. The fourth-order valence-corrected chi connectivity index (χ4v) is 1.70. The van der Waals surface area contributed by atoms with Crippen LogP contribution in [0.5, 0.6) is 0 Å². The number of para-hydroxylation sites is 2. The number of ether oxygens (including phenoxy) is 1. The molecule has 0 atom stereocenters. The molecule has 0 saturated heterocycles. The fraction of sp³-hybridized carbons (Fsp3) is 0.231. The van der Waals surface area contributed by atoms with Gasteiger partial charge in [0.2, 0.25) is 0 Å². The Balaban J connectivity index is 2.52. The Bertz CT molecular complexity index is 597. The lowest BCUT2D eigenvalue weighted by Crippen LogP contribution is -2.12. The lowest BCUT2D eigenvalue weighted by Gasteiger charge is -2.06. The summed E-state index contributed by atoms with van der Waals surface area (Å²) in [5.41, 5.74) is 1.23. The Morgan fingerprint density at radius 2 is 2.16 bits per heavy atom. The van der Waals surface area contributed by atoms with Gasteiger partial charge < -0.3 is 19.9 Å². The van der Waals surface area contributed by atoms with Crippen molar-refractivity contribution in [1.82, 2.24) is 9.97 Å². The molecule has 0 fully saturated rings. The summed E-state index contributed by atoms with van der Waals surface area (Å²) in [7, 11) is 0. The van der Waals surface area contributed by atoms with Crippen LogP contribution < -0.4 is 0 Å². The Kier molecular flexibility index (Phi) is 3.82. The number of carbonyl (C=O) groups excluding carboxylic acids is 1. The number of fused-ring (bicyclic) bond motifs is 1. The van der Waals surface area contributed by atoms with Crippen LogP contribution in [0.2, 0.25) is 0 Å². The summed E-state index contributed by atoms with van der Waals surface area (Å²) >= 11 is 0. The average Bonchev–Trinajstić information content (AvgIpc) is 2.82. The van der Waals surface area contributed by atoms with E-state index in [0.717, 1.165) is 5.52 Å². The molecule has 6 heteroatoms. The molecule has 0 radical (unpaired) electrons. The molecule has 3 N–H and O–H groups in total. The van der Waals surface area contributed by atoms with Crippen LogP contribution in [0.3, 0.4) is 0 Å². The first-order chi connectivity index (χ1) is 9.17. The molecule has 2 aromatic rings. The van der Waals surface area contributed by atoms with Crippen molar-refractivity contribution in [3.8, 4) is 0 Å². The van der Waals surface area contributed by atoms with E-state index in [1.165, 1.54) is 0 Å². The third-order valence-electron chi connectivity index (χ3n) is 2.54. The van der Waals surface area contributed by atoms with Crippen LogP contribution in [0.15, 0.2) is 30.0 Å². The van der Waals surface area contributed by atoms with Gasteiger partial charge in [0.25, 0.3) is 0 Å². The second-order valence-corrected chi connectivity index (χ2v) is 3.80. The van der Waals surface area contributed by atoms with Gasteiger partial charge in [-0.15, -0.1) is 0 Å². The molecule has 0 spiro atoms. The molecule has 0 amide bonds. The van der Waals surface area contributed by atoms with Crippen molar-refractivity contribution in [2.24, 2.45) is 0 Å². The van der Waals surface area contributed by atoms with E-state index in [-0.39, 0.29) is 18.0 Å². The van der Waals surface area contributed by atoms with Gasteiger partial charge in [-0.3, -0.25) is 0 Å². The molecule has 6 nitrogen and oxygen atoms in total. The molecule has 2 rings (SSSR count). The van der Waals surface area contributed by atoms with Gasteiger partial charge in [0.15, 0.2) is 0 Å². The Labute approximate surface area is 109 Å². The minimum atomic E-state index is -0.729. The summed E-state index contributed by atoms with van der Waals surface area (Å²) in [6.45, 7) is 1.16. The number of hydrogen-bond donors (Lipinski definition) is 3. The lowest BCUT2D eigenvalue weighted by atomic mass is 10.2. The third kappa shape index (κ3) is 2.58. The monoisotopic (exact) mass is 262 g/mol. The number of rotatable bonds is 4. The highest BCUT2D eigenvalue weighted by Crippen LogP contribution is 2.20. The number of aliphatic hydroxyl groups excluding tert-OH is 2. The average molecular weight is 262 g/mol. The first-order valence-electron chi connectivity index (χ1n) is 5.82. The van der Waals surface area contributed by atoms with Crippen molar-refractivity contribution in [2.45, 2.75) is 6.92 Å². The first kappa shape index (κ1) is 13.1. The molecule has 0 unspecified atom stereocenters. The zero-order chi connectivity index (χ0) is 13.8. The van der Waals surface area contributed by atoms with Crippen LogP contribution in [0.25, 0.3) is 16.6 Å². The third-order valence-corrected chi connectivity index (χ3v) is 2.54. The van der Waals surface area contributed by atoms with Gasteiger partial charge in [-0.05, 0) is 19.1 Å². The molecule has 100 valence electrons. The summed E-state index contributed by atoms with van der Waals surface area (Å²) < 4.78 is 4.85. The molecular formula is C13H14N2O4. The maximum Gasteiger partial charge on any atom is 0.345 e. The van der Waals surface area contributed by atoms with Gasteiger partial charge in [-0.2, -0.15) is 0 Å². The molecule has 1 heterocycles. The number of H-pyrrole nitrogens is 1. The topological polar surface area (TPSA) is 95.4 Å². The van der Waals surface area contributed by atoms with E-state index in [1.807, 2.05) is 12.1 Å². The SMILES string of the molecule is CCOC(=O)/C(=C(/O)CO)c1nc2ccccc2[nH]1. The largest absolute Gasteiger partial charge is 0.509 e. The van der Waals surface area contributed by atoms with Gasteiger partial charge >= 0.3 is 5.97 Å². The number of hydrogen-bond acceptors (Lipinski definition) is 5. The Morgan fingerprint density at radius 3 is 2.79 bits per heavy atom. The highest BCUT2D eigenvalue weighted by Gasteiger charge is 2.21. The van der Waals surface area contributed by atoms with Crippen LogP contribution in [0.4, 0.5) is 0 Å². The molecular weight excluding hydrogens is 248 g/mol. The molecule has 0 aliphatic heterocycles. The second-order valence-electron chi connectivity index (χ2n) is 3.80. The van der Waals surface area contributed by atoms with Gasteiger partial charge in [-0.25, -0.2) is 9.78 Å². The van der Waals surface area contributed by atoms with Crippen molar-refractivity contribution in [3.05, 3.63) is 35.8 Å². The number of esters is 1. The van der Waals surface area contributed by atoms with E-state index in [1.54, 1.807) is 19.1 Å². The zero-order valence-electron chi connectivity index (χ0n) is 10.4. The molecule has 0 aliphatic rings. The highest BCUT2D eigenvalue weighted by atomic mass is 16.5. The van der Waals surface area contributed by atoms with E-state index < -0.39 is 18.3 Å². The molecule has 1 aromatic carbocycles. The molecule has 19 heavy (non-hydrogen) atoms. The van der Waals surface area contributed by atoms with Crippen molar-refractivity contribution in [2.75, 3.05) is 13.2 Å². The van der Waals surface area contributed by atoms with Crippen LogP contribution in [0, 0.1) is 0 Å². The predicted octanol–water partition coefficient (Wildman–Crippen LogP) is 1.39. The van der Waals surface area contributed by atoms with Gasteiger partial charge in [0.1, 0.15) is 23.8 Å². The number of benzene rings is 1. The number of aliphatic hydroxyl groups is 2. The van der Waals surface area contributed by atoms with E-state index in [2.05, 4.69) is 9.97 Å². The predicted molar refractivity (Wildman–Crippen MR) is 69.4 cm³/mol. The van der Waals surface area contributed by atoms with Crippen LogP contribution in [-0.2, 0) is 9.53 Å². The normalized spacial score (nSPS) is 12.3. The van der Waals surface area contributed by atoms with Gasteiger partial charge in [0.05, 0.1) is 17.6 Å². The molecule has 0 bridgehead atoms. The fourth-order valence-electron chi connectivity index (χ4n) is 1.70. The number of carbonyl (C=O) groups is 1. The second kappa shape index (κ2) is 5.53. The molecule has 0 aliphatic carbocycles. The maximum atomic E-state index is 11.8. The summed E-state index contributed by atoms with van der Waals surface area (Å²) in [6, 6.07) is 7.20. The number of aromatic nitrogens is 2. The summed E-state index contributed by atoms with van der Waals surface area (Å²) in [4.78, 5) is 18.9. The summed E-state index contributed by atoms with van der Waals surface area (Å²) in [6.07, 6.45) is 0. The zero-order valence-corrected chi connectivity index (χ0v) is 10.4. The van der Waals surface area contributed by atoms with E-state index in [9.17, 15) is 9.90 Å². The number of aromatic amines is 1. The van der Waals surface area contributed by atoms with Crippen molar-refractivity contribution >= 4 is 22.6 Å². The first-order valence-corrected chi connectivity index (χ1v) is 5.82. The highest BCUT2D eigenvalue weighted by molar-refractivity contribution is 6.16. The number of imidazole rings is 1. The van der Waals surface area contributed by atoms with Crippen molar-refractivity contribution < 1.29 is 19.7 Å². The minimum absolute atomic E-state index is 0.152. The Morgan fingerprint density at radius 1 is 1.42 bits per heavy atom.